The lowest BCUT2D eigenvalue weighted by Crippen LogP contribution is -2.51. The normalized spacial score (nSPS) is 39.5. The number of rotatable bonds is 2. The molecule has 0 radical (unpaired) electrons. The fourth-order valence-electron chi connectivity index (χ4n) is 4.91. The van der Waals surface area contributed by atoms with Crippen molar-refractivity contribution < 1.29 is 9.32 Å². The van der Waals surface area contributed by atoms with Crippen molar-refractivity contribution in [1.29, 1.82) is 0 Å². The van der Waals surface area contributed by atoms with E-state index >= 15 is 0 Å². The Hall–Kier alpha value is -1.59. The lowest BCUT2D eigenvalue weighted by Gasteiger charge is -2.55. The number of hydrogen-bond acceptors (Lipinski definition) is 5. The lowest BCUT2D eigenvalue weighted by atomic mass is 9.49. The van der Waals surface area contributed by atoms with Gasteiger partial charge in [0.25, 0.3) is 5.95 Å². The molecule has 1 heterocycles. The second-order valence-corrected chi connectivity index (χ2v) is 6.61. The molecule has 0 unspecified atom stereocenters. The molecule has 0 aliphatic heterocycles. The van der Waals surface area contributed by atoms with Gasteiger partial charge in [0.05, 0.1) is 5.41 Å². The van der Waals surface area contributed by atoms with E-state index in [1.165, 1.54) is 19.3 Å². The molecule has 0 aromatic carbocycles. The van der Waals surface area contributed by atoms with E-state index in [1.807, 2.05) is 0 Å². The smallest absolute Gasteiger partial charge is 0.320 e. The third-order valence-electron chi connectivity index (χ3n) is 5.19. The summed E-state index contributed by atoms with van der Waals surface area (Å²) in [6, 6.07) is -0.0131. The fourth-order valence-corrected chi connectivity index (χ4v) is 4.91. The first-order chi connectivity index (χ1) is 9.13. The van der Waals surface area contributed by atoms with E-state index in [0.29, 0.717) is 0 Å². The molecule has 0 spiro atoms. The Kier molecular flexibility index (Phi) is 2.20. The Morgan fingerprint density at radius 3 is 2.26 bits per heavy atom. The number of carbonyl (C=O) groups is 1. The Morgan fingerprint density at radius 1 is 1.21 bits per heavy atom. The minimum absolute atomic E-state index is 0.0131. The molecule has 0 atom stereocenters. The van der Waals surface area contributed by atoms with Crippen LogP contribution in [0, 0.1) is 23.2 Å². The van der Waals surface area contributed by atoms with Crippen LogP contribution >= 0.6 is 0 Å². The Labute approximate surface area is 111 Å². The van der Waals surface area contributed by atoms with Gasteiger partial charge in [-0.15, -0.1) is 0 Å². The van der Waals surface area contributed by atoms with E-state index in [-0.39, 0.29) is 23.3 Å². The van der Waals surface area contributed by atoms with Crippen LogP contribution in [0.1, 0.15) is 38.5 Å². The highest BCUT2D eigenvalue weighted by Crippen LogP contribution is 2.60. The second kappa shape index (κ2) is 3.71. The van der Waals surface area contributed by atoms with E-state index in [0.717, 1.165) is 37.0 Å². The van der Waals surface area contributed by atoms with Gasteiger partial charge < -0.3 is 10.3 Å². The molecule has 4 aliphatic rings. The van der Waals surface area contributed by atoms with Crippen molar-refractivity contribution in [1.82, 2.24) is 10.1 Å². The monoisotopic (exact) mass is 262 g/mol. The highest BCUT2D eigenvalue weighted by Gasteiger charge is 2.54. The zero-order valence-electron chi connectivity index (χ0n) is 10.8. The molecule has 4 bridgehead atoms. The van der Waals surface area contributed by atoms with Crippen LogP contribution in [0.15, 0.2) is 4.52 Å². The molecule has 19 heavy (non-hydrogen) atoms. The van der Waals surface area contributed by atoms with E-state index in [9.17, 15) is 4.79 Å². The van der Waals surface area contributed by atoms with E-state index in [1.54, 1.807) is 0 Å². The van der Waals surface area contributed by atoms with Crippen LogP contribution in [0.3, 0.4) is 0 Å². The Morgan fingerprint density at radius 2 is 1.79 bits per heavy atom. The first-order valence-corrected chi connectivity index (χ1v) is 7.04. The summed E-state index contributed by atoms with van der Waals surface area (Å²) >= 11 is 0. The quantitative estimate of drug-likeness (QED) is 0.847. The van der Waals surface area contributed by atoms with Crippen LogP contribution in [0.25, 0.3) is 0 Å². The molecular weight excluding hydrogens is 244 g/mol. The van der Waals surface area contributed by atoms with Crippen LogP contribution in [0.4, 0.5) is 12.0 Å². The van der Waals surface area contributed by atoms with Crippen molar-refractivity contribution in [3.8, 4) is 0 Å². The topological polar surface area (TPSA) is 94.0 Å². The number of nitrogens with two attached hydrogens (primary N) is 1. The third-order valence-corrected chi connectivity index (χ3v) is 5.19. The average Bonchev–Trinajstić information content (AvgIpc) is 2.73. The van der Waals surface area contributed by atoms with Crippen molar-refractivity contribution in [3.05, 3.63) is 0 Å². The van der Waals surface area contributed by atoms with Gasteiger partial charge in [-0.3, -0.25) is 10.1 Å². The van der Waals surface area contributed by atoms with Crippen molar-refractivity contribution in [2.75, 3.05) is 11.1 Å². The zero-order valence-corrected chi connectivity index (χ0v) is 10.8. The van der Waals surface area contributed by atoms with Crippen molar-refractivity contribution >= 4 is 17.9 Å². The highest BCUT2D eigenvalue weighted by molar-refractivity contribution is 5.94. The van der Waals surface area contributed by atoms with Crippen LogP contribution < -0.4 is 11.1 Å². The predicted octanol–water partition coefficient (Wildman–Crippen LogP) is 1.81. The molecular formula is C13H18N4O2. The third kappa shape index (κ3) is 1.73. The molecule has 6 heteroatoms. The number of nitrogens with one attached hydrogen (secondary N) is 1. The number of hydrogen-bond donors (Lipinski definition) is 2. The van der Waals surface area contributed by atoms with Crippen LogP contribution in [-0.2, 0) is 4.79 Å². The number of nitrogen functional groups attached to an aromatic ring is 1. The van der Waals surface area contributed by atoms with Crippen molar-refractivity contribution in [2.24, 2.45) is 23.2 Å². The average molecular weight is 262 g/mol. The maximum atomic E-state index is 12.6. The largest absolute Gasteiger partial charge is 0.351 e. The maximum absolute atomic E-state index is 12.6. The standard InChI is InChI=1S/C13H18N4O2/c14-11-16-12(17-19-11)15-10(18)13-4-7-1-8(5-13)3-9(2-7)6-13/h7-9H,1-6H2,(H3,14,15,16,17,18). The minimum Gasteiger partial charge on any atom is -0.351 e. The first-order valence-electron chi connectivity index (χ1n) is 7.04. The van der Waals surface area contributed by atoms with Gasteiger partial charge in [0, 0.05) is 0 Å². The molecule has 4 fully saturated rings. The number of nitrogens with zero attached hydrogens (tertiary/aromatic N) is 2. The summed E-state index contributed by atoms with van der Waals surface area (Å²) < 4.78 is 4.69. The molecule has 102 valence electrons. The second-order valence-electron chi connectivity index (χ2n) is 6.61. The van der Waals surface area contributed by atoms with E-state index in [2.05, 4.69) is 20.0 Å². The number of aromatic nitrogens is 2. The highest BCUT2D eigenvalue weighted by atomic mass is 16.5. The lowest BCUT2D eigenvalue weighted by molar-refractivity contribution is -0.140. The molecule has 3 N–H and O–H groups in total. The molecule has 5 rings (SSSR count). The zero-order chi connectivity index (χ0) is 13.0. The summed E-state index contributed by atoms with van der Waals surface area (Å²) in [5, 5.41) is 6.43. The summed E-state index contributed by atoms with van der Waals surface area (Å²) in [4.78, 5) is 16.4. The van der Waals surface area contributed by atoms with Crippen LogP contribution in [-0.4, -0.2) is 16.0 Å². The molecule has 4 saturated carbocycles. The van der Waals surface area contributed by atoms with E-state index in [4.69, 9.17) is 5.73 Å². The number of amides is 1. The van der Waals surface area contributed by atoms with Gasteiger partial charge >= 0.3 is 6.01 Å². The van der Waals surface area contributed by atoms with Gasteiger partial charge in [-0.2, -0.15) is 4.98 Å². The molecule has 1 aromatic heterocycles. The molecule has 1 amide bonds. The molecule has 6 nitrogen and oxygen atoms in total. The Bertz CT molecular complexity index is 489. The van der Waals surface area contributed by atoms with Gasteiger partial charge in [0.2, 0.25) is 5.91 Å². The predicted molar refractivity (Wildman–Crippen MR) is 67.9 cm³/mol. The van der Waals surface area contributed by atoms with Crippen molar-refractivity contribution in [3.63, 3.8) is 0 Å². The molecule has 4 aliphatic carbocycles. The van der Waals surface area contributed by atoms with Gasteiger partial charge in [0.1, 0.15) is 0 Å². The van der Waals surface area contributed by atoms with Gasteiger partial charge in [-0.1, -0.05) is 0 Å². The summed E-state index contributed by atoms with van der Waals surface area (Å²) in [6.45, 7) is 0. The van der Waals surface area contributed by atoms with Crippen LogP contribution in [0.5, 0.6) is 0 Å². The van der Waals surface area contributed by atoms with Gasteiger partial charge in [-0.05, 0) is 61.4 Å². The summed E-state index contributed by atoms with van der Waals surface area (Å²) in [5.74, 6) is 2.48. The number of anilines is 2. The number of carbonyl (C=O) groups excluding carboxylic acids is 1. The Balaban J connectivity index is 1.56. The fraction of sp³-hybridized carbons (Fsp3) is 0.769. The summed E-state index contributed by atoms with van der Waals surface area (Å²) in [6.07, 6.45) is 7.04. The van der Waals surface area contributed by atoms with E-state index < -0.39 is 0 Å². The minimum atomic E-state index is -0.190. The van der Waals surface area contributed by atoms with Gasteiger partial charge in [-0.25, -0.2) is 0 Å². The first kappa shape index (κ1) is 11.3. The molecule has 1 aromatic rings. The SMILES string of the molecule is Nc1nc(NC(=O)C23CC4CC(CC(C4)C2)C3)no1. The van der Waals surface area contributed by atoms with Crippen molar-refractivity contribution in [2.45, 2.75) is 38.5 Å². The maximum Gasteiger partial charge on any atom is 0.320 e. The van der Waals surface area contributed by atoms with Gasteiger partial charge in [0.15, 0.2) is 0 Å². The molecule has 0 saturated heterocycles. The van der Waals surface area contributed by atoms with Crippen LogP contribution in [0.2, 0.25) is 0 Å². The summed E-state index contributed by atoms with van der Waals surface area (Å²) in [7, 11) is 0. The summed E-state index contributed by atoms with van der Waals surface area (Å²) in [5.41, 5.74) is 5.18.